The molecular formula is C27H26NO+. The summed E-state index contributed by atoms with van der Waals surface area (Å²) in [4.78, 5) is 0. The molecule has 5 rings (SSSR count). The molecule has 2 aromatic heterocycles. The van der Waals surface area contributed by atoms with E-state index in [-0.39, 0.29) is 11.1 Å². The van der Waals surface area contributed by atoms with Crippen LogP contribution in [0.5, 0.6) is 0 Å². The third-order valence-corrected chi connectivity index (χ3v) is 5.79. The second-order valence-electron chi connectivity index (χ2n) is 7.99. The van der Waals surface area contributed by atoms with E-state index in [1.54, 1.807) is 30.8 Å². The van der Waals surface area contributed by atoms with Crippen molar-refractivity contribution in [3.05, 3.63) is 76.5 Å². The third-order valence-electron chi connectivity index (χ3n) is 5.79. The van der Waals surface area contributed by atoms with Gasteiger partial charge in [-0.25, -0.2) is 4.57 Å². The summed E-state index contributed by atoms with van der Waals surface area (Å²) < 4.78 is 56.5. The fourth-order valence-electron chi connectivity index (χ4n) is 4.26. The molecule has 144 valence electrons. The summed E-state index contributed by atoms with van der Waals surface area (Å²) in [6.07, 6.45) is 1.63. The maximum Gasteiger partial charge on any atom is 0.216 e. The number of nitrogens with zero attached hydrogens (tertiary/aromatic N) is 1. The number of hydrogen-bond acceptors (Lipinski definition) is 1. The lowest BCUT2D eigenvalue weighted by Crippen LogP contribution is -2.31. The van der Waals surface area contributed by atoms with Crippen molar-refractivity contribution in [1.82, 2.24) is 0 Å². The summed E-state index contributed by atoms with van der Waals surface area (Å²) in [5.74, 6) is 0. The molecule has 2 nitrogen and oxygen atoms in total. The molecule has 2 heteroatoms. The van der Waals surface area contributed by atoms with Crippen molar-refractivity contribution in [2.75, 3.05) is 0 Å². The van der Waals surface area contributed by atoms with E-state index in [0.717, 1.165) is 38.5 Å². The van der Waals surface area contributed by atoms with E-state index in [1.807, 2.05) is 44.2 Å². The molecule has 0 saturated carbocycles. The quantitative estimate of drug-likeness (QED) is 0.290. The first-order valence-corrected chi connectivity index (χ1v) is 9.67. The molecule has 0 unspecified atom stereocenters. The Kier molecular flexibility index (Phi) is 2.65. The zero-order chi connectivity index (χ0) is 25.4. The number of pyridine rings is 1. The molecule has 3 aromatic carbocycles. The lowest BCUT2D eigenvalue weighted by Gasteiger charge is -2.09. The molecule has 0 bridgehead atoms. The average molecular weight is 387 g/mol. The highest BCUT2D eigenvalue weighted by Crippen LogP contribution is 2.40. The first kappa shape index (κ1) is 12.4. The summed E-state index contributed by atoms with van der Waals surface area (Å²) >= 11 is 0. The summed E-state index contributed by atoms with van der Waals surface area (Å²) in [5.41, 5.74) is 5.67. The van der Waals surface area contributed by atoms with Gasteiger partial charge >= 0.3 is 0 Å². The lowest BCUT2D eigenvalue weighted by molar-refractivity contribution is -0.660. The molecule has 0 aliphatic carbocycles. The van der Waals surface area contributed by atoms with Gasteiger partial charge in [-0.05, 0) is 74.1 Å². The average Bonchev–Trinajstić information content (AvgIpc) is 3.09. The van der Waals surface area contributed by atoms with Crippen molar-refractivity contribution >= 4 is 32.7 Å². The van der Waals surface area contributed by atoms with E-state index >= 15 is 0 Å². The Morgan fingerprint density at radius 2 is 1.66 bits per heavy atom. The van der Waals surface area contributed by atoms with Gasteiger partial charge in [-0.2, -0.15) is 0 Å². The molecule has 0 amide bonds. The van der Waals surface area contributed by atoms with Crippen LogP contribution in [-0.4, -0.2) is 0 Å². The van der Waals surface area contributed by atoms with Crippen LogP contribution in [0.4, 0.5) is 0 Å². The van der Waals surface area contributed by atoms with E-state index in [0.29, 0.717) is 22.1 Å². The van der Waals surface area contributed by atoms with Crippen molar-refractivity contribution in [2.45, 2.75) is 34.5 Å². The Bertz CT molecular complexity index is 1660. The van der Waals surface area contributed by atoms with Gasteiger partial charge in [0.05, 0.1) is 5.56 Å². The number of aryl methyl sites for hydroxylation is 6. The molecule has 0 aliphatic rings. The second kappa shape index (κ2) is 6.18. The minimum absolute atomic E-state index is 0.248. The SMILES string of the molecule is [2H]C([2H])([2H])c1c[n+](C)c(-c2c(C)cc(C([2H])([2H])[2H])c3c2oc2cc4ccc(C)cc4cc23)cc1C. The van der Waals surface area contributed by atoms with Gasteiger partial charge in [-0.15, -0.1) is 0 Å². The zero-order valence-corrected chi connectivity index (χ0v) is 17.0. The van der Waals surface area contributed by atoms with Crippen molar-refractivity contribution in [2.24, 2.45) is 7.05 Å². The smallest absolute Gasteiger partial charge is 0.216 e. The van der Waals surface area contributed by atoms with E-state index in [4.69, 9.17) is 12.6 Å². The zero-order valence-electron chi connectivity index (χ0n) is 23.0. The molecule has 0 fully saturated rings. The van der Waals surface area contributed by atoms with E-state index in [2.05, 4.69) is 6.07 Å². The van der Waals surface area contributed by atoms with E-state index < -0.39 is 13.7 Å². The molecule has 0 spiro atoms. The Morgan fingerprint density at radius 1 is 0.828 bits per heavy atom. The van der Waals surface area contributed by atoms with Gasteiger partial charge in [0.1, 0.15) is 18.2 Å². The predicted molar refractivity (Wildman–Crippen MR) is 122 cm³/mol. The van der Waals surface area contributed by atoms with Crippen LogP contribution in [0.15, 0.2) is 53.1 Å². The van der Waals surface area contributed by atoms with Gasteiger partial charge in [0.2, 0.25) is 5.69 Å². The fraction of sp³-hybridized carbons (Fsp3) is 0.222. The Balaban J connectivity index is 1.93. The third kappa shape index (κ3) is 2.66. The number of furan rings is 1. The van der Waals surface area contributed by atoms with Crippen LogP contribution in [0.3, 0.4) is 0 Å². The van der Waals surface area contributed by atoms with Crippen molar-refractivity contribution < 1.29 is 17.2 Å². The van der Waals surface area contributed by atoms with Crippen molar-refractivity contribution in [3.8, 4) is 11.3 Å². The molecule has 5 aromatic rings. The summed E-state index contributed by atoms with van der Waals surface area (Å²) in [6.45, 7) is 1.11. The molecule has 0 radical (unpaired) electrons. The summed E-state index contributed by atoms with van der Waals surface area (Å²) in [6, 6.07) is 13.7. The molecular weight excluding hydrogens is 354 g/mol. The number of fused-ring (bicyclic) bond motifs is 4. The Hall–Kier alpha value is -3.13. The lowest BCUT2D eigenvalue weighted by atomic mass is 9.95. The van der Waals surface area contributed by atoms with Gasteiger partial charge < -0.3 is 4.42 Å². The molecule has 2 heterocycles. The minimum atomic E-state index is -2.33. The standard InChI is InChI=1S/C27H26NO/c1-15-7-8-20-13-24-22(12-21(20)9-15)25-17(3)10-18(4)26(27(25)29-24)23-11-16(2)19(5)14-28(23)6/h7-14H,1-6H3/q+1/i3D3,5D3. The van der Waals surface area contributed by atoms with E-state index in [9.17, 15) is 0 Å². The fourth-order valence-corrected chi connectivity index (χ4v) is 4.26. The van der Waals surface area contributed by atoms with Crippen LogP contribution in [-0.2, 0) is 7.05 Å². The minimum Gasteiger partial charge on any atom is -0.455 e. The van der Waals surface area contributed by atoms with Crippen LogP contribution >= 0.6 is 0 Å². The van der Waals surface area contributed by atoms with Crippen LogP contribution in [0.25, 0.3) is 44.0 Å². The van der Waals surface area contributed by atoms with Gasteiger partial charge in [0.15, 0.2) is 6.20 Å². The maximum absolute atomic E-state index is 8.23. The largest absolute Gasteiger partial charge is 0.455 e. The van der Waals surface area contributed by atoms with Crippen LogP contribution < -0.4 is 4.57 Å². The van der Waals surface area contributed by atoms with Gasteiger partial charge in [0, 0.05) is 30.6 Å². The van der Waals surface area contributed by atoms with Crippen LogP contribution in [0.1, 0.15) is 36.0 Å². The first-order chi connectivity index (χ1) is 16.3. The van der Waals surface area contributed by atoms with Crippen molar-refractivity contribution in [3.63, 3.8) is 0 Å². The monoisotopic (exact) mass is 386 g/mol. The second-order valence-corrected chi connectivity index (χ2v) is 7.99. The summed E-state index contributed by atoms with van der Waals surface area (Å²) in [5, 5.41) is 3.35. The molecule has 0 aliphatic heterocycles. The molecule has 0 N–H and O–H groups in total. The summed E-state index contributed by atoms with van der Waals surface area (Å²) in [7, 11) is 1.80. The molecule has 0 saturated heterocycles. The highest BCUT2D eigenvalue weighted by atomic mass is 16.3. The van der Waals surface area contributed by atoms with Crippen LogP contribution in [0, 0.1) is 34.5 Å². The topological polar surface area (TPSA) is 17.0 Å². The predicted octanol–water partition coefficient (Wildman–Crippen LogP) is 6.77. The highest BCUT2D eigenvalue weighted by Gasteiger charge is 2.23. The molecule has 0 atom stereocenters. The molecule has 29 heavy (non-hydrogen) atoms. The van der Waals surface area contributed by atoms with Crippen LogP contribution in [0.2, 0.25) is 0 Å². The maximum atomic E-state index is 8.23. The number of hydrogen-bond donors (Lipinski definition) is 0. The van der Waals surface area contributed by atoms with Crippen molar-refractivity contribution in [1.29, 1.82) is 0 Å². The highest BCUT2D eigenvalue weighted by molar-refractivity contribution is 6.14. The van der Waals surface area contributed by atoms with E-state index in [1.165, 1.54) is 0 Å². The van der Waals surface area contributed by atoms with Gasteiger partial charge in [0.25, 0.3) is 0 Å². The number of rotatable bonds is 1. The van der Waals surface area contributed by atoms with Gasteiger partial charge in [-0.3, -0.25) is 0 Å². The van der Waals surface area contributed by atoms with Gasteiger partial charge in [-0.1, -0.05) is 29.8 Å². The Morgan fingerprint density at radius 3 is 2.45 bits per heavy atom. The Labute approximate surface area is 179 Å². The number of aromatic nitrogens is 1. The normalized spacial score (nSPS) is 15.7. The number of benzene rings is 3. The first-order valence-electron chi connectivity index (χ1n) is 12.7.